The molecule has 6 nitrogen and oxygen atoms in total. The molecule has 0 saturated heterocycles. The number of sulfonamides is 1. The van der Waals surface area contributed by atoms with Gasteiger partial charge in [0.25, 0.3) is 0 Å². The number of nitrogens with zero attached hydrogens (tertiary/aromatic N) is 3. The molecule has 7 heteroatoms. The predicted molar refractivity (Wildman–Crippen MR) is 85.8 cm³/mol. The van der Waals surface area contributed by atoms with Gasteiger partial charge in [0.15, 0.2) is 0 Å². The maximum absolute atomic E-state index is 11.7. The summed E-state index contributed by atoms with van der Waals surface area (Å²) >= 11 is 0. The van der Waals surface area contributed by atoms with E-state index in [1.54, 1.807) is 18.6 Å². The summed E-state index contributed by atoms with van der Waals surface area (Å²) in [7, 11) is -3.19. The lowest BCUT2D eigenvalue weighted by Gasteiger charge is -2.13. The number of aromatic nitrogens is 3. The molecule has 0 radical (unpaired) electrons. The first-order valence-corrected chi connectivity index (χ1v) is 8.73. The van der Waals surface area contributed by atoms with Crippen molar-refractivity contribution in [2.24, 2.45) is 0 Å². The molecule has 0 atom stereocenters. The van der Waals surface area contributed by atoms with Crippen molar-refractivity contribution in [3.63, 3.8) is 0 Å². The van der Waals surface area contributed by atoms with Gasteiger partial charge in [0.1, 0.15) is 5.65 Å². The van der Waals surface area contributed by atoms with Crippen molar-refractivity contribution in [3.05, 3.63) is 42.5 Å². The molecule has 4 rings (SSSR count). The molecule has 0 spiro atoms. The molecule has 0 amide bonds. The van der Waals surface area contributed by atoms with E-state index in [9.17, 15) is 8.42 Å². The van der Waals surface area contributed by atoms with Crippen LogP contribution in [0.15, 0.2) is 36.9 Å². The minimum atomic E-state index is -3.19. The predicted octanol–water partition coefficient (Wildman–Crippen LogP) is 1.77. The van der Waals surface area contributed by atoms with Gasteiger partial charge in [-0.1, -0.05) is 6.08 Å². The van der Waals surface area contributed by atoms with Crippen molar-refractivity contribution < 1.29 is 8.42 Å². The zero-order chi connectivity index (χ0) is 15.3. The molecule has 22 heavy (non-hydrogen) atoms. The number of nitrogens with one attached hydrogen (secondary N) is 1. The van der Waals surface area contributed by atoms with Crippen LogP contribution in [0.25, 0.3) is 27.4 Å². The van der Waals surface area contributed by atoms with Gasteiger partial charge in [0.05, 0.1) is 6.26 Å². The SMILES string of the molecule is CS(=O)(=O)N1CC=C(c2cncc3cnc4[nH]ccc4c23)C1. The van der Waals surface area contributed by atoms with E-state index in [0.29, 0.717) is 13.1 Å². The highest BCUT2D eigenvalue weighted by Gasteiger charge is 2.24. The first-order chi connectivity index (χ1) is 10.5. The van der Waals surface area contributed by atoms with Crippen LogP contribution in [-0.2, 0) is 10.0 Å². The highest BCUT2D eigenvalue weighted by Crippen LogP contribution is 2.32. The molecule has 1 N–H and O–H groups in total. The summed E-state index contributed by atoms with van der Waals surface area (Å²) in [6.45, 7) is 0.791. The number of rotatable bonds is 2. The van der Waals surface area contributed by atoms with Crippen LogP contribution in [-0.4, -0.2) is 47.0 Å². The summed E-state index contributed by atoms with van der Waals surface area (Å²) in [5, 5.41) is 3.03. The summed E-state index contributed by atoms with van der Waals surface area (Å²) in [5.41, 5.74) is 2.77. The Balaban J connectivity index is 1.91. The number of pyridine rings is 2. The summed E-state index contributed by atoms with van der Waals surface area (Å²) in [5.74, 6) is 0. The van der Waals surface area contributed by atoms with E-state index >= 15 is 0 Å². The molecule has 0 aromatic carbocycles. The Bertz CT molecular complexity index is 1020. The second kappa shape index (κ2) is 4.62. The molecule has 0 aliphatic carbocycles. The third-order valence-electron chi connectivity index (χ3n) is 4.01. The highest BCUT2D eigenvalue weighted by atomic mass is 32.2. The third kappa shape index (κ3) is 2.01. The summed E-state index contributed by atoms with van der Waals surface area (Å²) in [4.78, 5) is 11.8. The topological polar surface area (TPSA) is 79.0 Å². The van der Waals surface area contributed by atoms with Crippen LogP contribution in [0.2, 0.25) is 0 Å². The van der Waals surface area contributed by atoms with Crippen LogP contribution in [0.5, 0.6) is 0 Å². The van der Waals surface area contributed by atoms with Crippen molar-refractivity contribution in [1.29, 1.82) is 0 Å². The van der Waals surface area contributed by atoms with Crippen LogP contribution in [0.4, 0.5) is 0 Å². The first kappa shape index (κ1) is 13.4. The van der Waals surface area contributed by atoms with Crippen LogP contribution in [0.1, 0.15) is 5.56 Å². The average molecular weight is 314 g/mol. The molecule has 0 bridgehead atoms. The fourth-order valence-corrected chi connectivity index (χ4v) is 3.62. The second-order valence-electron chi connectivity index (χ2n) is 5.43. The van der Waals surface area contributed by atoms with Gasteiger partial charge >= 0.3 is 0 Å². The Hall–Kier alpha value is -2.25. The van der Waals surface area contributed by atoms with Crippen LogP contribution >= 0.6 is 0 Å². The lowest BCUT2D eigenvalue weighted by atomic mass is 10.0. The molecule has 112 valence electrons. The van der Waals surface area contributed by atoms with E-state index in [1.807, 2.05) is 18.3 Å². The van der Waals surface area contributed by atoms with Gasteiger partial charge in [0.2, 0.25) is 10.0 Å². The fourth-order valence-electron chi connectivity index (χ4n) is 2.90. The monoisotopic (exact) mass is 314 g/mol. The summed E-state index contributed by atoms with van der Waals surface area (Å²) in [6.07, 6.45) is 10.4. The van der Waals surface area contributed by atoms with Crippen LogP contribution in [0, 0.1) is 0 Å². The number of hydrogen-bond acceptors (Lipinski definition) is 4. The average Bonchev–Trinajstić information content (AvgIpc) is 3.15. The second-order valence-corrected chi connectivity index (χ2v) is 7.42. The molecule has 0 fully saturated rings. The Kier molecular flexibility index (Phi) is 2.82. The molecule has 1 aliphatic rings. The fraction of sp³-hybridized carbons (Fsp3) is 0.200. The Labute approximate surface area is 127 Å². The van der Waals surface area contributed by atoms with Gasteiger partial charge in [0, 0.05) is 59.6 Å². The quantitative estimate of drug-likeness (QED) is 0.782. The lowest BCUT2D eigenvalue weighted by Crippen LogP contribution is -2.27. The number of aromatic amines is 1. The molecule has 0 saturated carbocycles. The zero-order valence-corrected chi connectivity index (χ0v) is 12.8. The first-order valence-electron chi connectivity index (χ1n) is 6.88. The standard InChI is InChI=1S/C15H14N4O2S/c1-22(20,21)19-5-3-10(9-19)13-8-16-6-11-7-18-15-12(14(11)13)2-4-17-15/h2-4,6-8H,5,9H2,1H3,(H,17,18). The number of fused-ring (bicyclic) bond motifs is 3. The Morgan fingerprint density at radius 3 is 2.91 bits per heavy atom. The molecule has 3 aromatic heterocycles. The lowest BCUT2D eigenvalue weighted by molar-refractivity contribution is 0.496. The number of H-pyrrole nitrogens is 1. The van der Waals surface area contributed by atoms with Crippen molar-refractivity contribution in [3.8, 4) is 0 Å². The molecular formula is C15H14N4O2S. The van der Waals surface area contributed by atoms with Gasteiger partial charge < -0.3 is 4.98 Å². The van der Waals surface area contributed by atoms with E-state index in [-0.39, 0.29) is 0 Å². The van der Waals surface area contributed by atoms with Crippen molar-refractivity contribution >= 4 is 37.4 Å². The van der Waals surface area contributed by atoms with E-state index in [2.05, 4.69) is 15.0 Å². The van der Waals surface area contributed by atoms with E-state index in [4.69, 9.17) is 0 Å². The molecule has 0 unspecified atom stereocenters. The van der Waals surface area contributed by atoms with Gasteiger partial charge in [-0.25, -0.2) is 13.4 Å². The number of hydrogen-bond donors (Lipinski definition) is 1. The molecule has 4 heterocycles. The van der Waals surface area contributed by atoms with Crippen molar-refractivity contribution in [2.45, 2.75) is 0 Å². The molecule has 3 aromatic rings. The zero-order valence-electron chi connectivity index (χ0n) is 11.9. The summed E-state index contributed by atoms with van der Waals surface area (Å²) in [6, 6.07) is 1.98. The highest BCUT2D eigenvalue weighted by molar-refractivity contribution is 7.88. The van der Waals surface area contributed by atoms with Gasteiger partial charge in [-0.2, -0.15) is 4.31 Å². The van der Waals surface area contributed by atoms with E-state index < -0.39 is 10.0 Å². The maximum atomic E-state index is 11.7. The summed E-state index contributed by atoms with van der Waals surface area (Å²) < 4.78 is 24.9. The smallest absolute Gasteiger partial charge is 0.211 e. The van der Waals surface area contributed by atoms with Crippen molar-refractivity contribution in [2.75, 3.05) is 19.3 Å². The van der Waals surface area contributed by atoms with Crippen LogP contribution < -0.4 is 0 Å². The minimum absolute atomic E-state index is 0.383. The maximum Gasteiger partial charge on any atom is 0.211 e. The van der Waals surface area contributed by atoms with E-state index in [1.165, 1.54) is 10.6 Å². The molecule has 1 aliphatic heterocycles. The Morgan fingerprint density at radius 1 is 1.27 bits per heavy atom. The van der Waals surface area contributed by atoms with Crippen LogP contribution in [0.3, 0.4) is 0 Å². The third-order valence-corrected chi connectivity index (χ3v) is 5.22. The van der Waals surface area contributed by atoms with Gasteiger partial charge in [-0.15, -0.1) is 0 Å². The molecular weight excluding hydrogens is 300 g/mol. The minimum Gasteiger partial charge on any atom is -0.346 e. The van der Waals surface area contributed by atoms with E-state index in [0.717, 1.165) is 32.9 Å². The normalized spacial score (nSPS) is 16.5. The van der Waals surface area contributed by atoms with Gasteiger partial charge in [-0.3, -0.25) is 4.98 Å². The Morgan fingerprint density at radius 2 is 2.14 bits per heavy atom. The van der Waals surface area contributed by atoms with Crippen molar-refractivity contribution in [1.82, 2.24) is 19.3 Å². The largest absolute Gasteiger partial charge is 0.346 e. The van der Waals surface area contributed by atoms with Gasteiger partial charge in [-0.05, 0) is 11.6 Å².